The van der Waals surface area contributed by atoms with E-state index in [1.807, 2.05) is 0 Å². The van der Waals surface area contributed by atoms with Gasteiger partial charge in [0, 0.05) is 51.0 Å². The second-order valence-corrected chi connectivity index (χ2v) is 11.5. The van der Waals surface area contributed by atoms with Crippen molar-refractivity contribution in [3.05, 3.63) is 42.5 Å². The number of hydrogen-bond donors (Lipinski definition) is 4. The zero-order valence-corrected chi connectivity index (χ0v) is 23.3. The molecule has 2 amide bonds. The van der Waals surface area contributed by atoms with E-state index >= 15 is 0 Å². The Labute approximate surface area is 234 Å². The molecule has 4 N–H and O–H groups in total. The summed E-state index contributed by atoms with van der Waals surface area (Å²) in [5.41, 5.74) is 1.96. The second-order valence-electron chi connectivity index (χ2n) is 9.99. The number of piperidine rings is 1. The maximum atomic E-state index is 12.9. The van der Waals surface area contributed by atoms with Gasteiger partial charge in [-0.25, -0.2) is 9.78 Å². The van der Waals surface area contributed by atoms with E-state index in [0.29, 0.717) is 30.8 Å². The van der Waals surface area contributed by atoms with Gasteiger partial charge in [0.15, 0.2) is 0 Å². The molecule has 2 fully saturated rings. The highest BCUT2D eigenvalue weighted by molar-refractivity contribution is 7.87. The highest BCUT2D eigenvalue weighted by atomic mass is 32.2. The third-order valence-corrected chi connectivity index (χ3v) is 8.32. The third-order valence-electron chi connectivity index (χ3n) is 7.06. The Morgan fingerprint density at radius 1 is 0.950 bits per heavy atom. The topological polar surface area (TPSA) is 141 Å². The van der Waals surface area contributed by atoms with E-state index in [0.717, 1.165) is 51.5 Å². The van der Waals surface area contributed by atoms with Gasteiger partial charge >= 0.3 is 16.1 Å². The average Bonchev–Trinajstić information content (AvgIpc) is 3.35. The summed E-state index contributed by atoms with van der Waals surface area (Å²) in [6, 6.07) is 10.9. The highest BCUT2D eigenvalue weighted by Crippen LogP contribution is 2.24. The molecule has 3 aromatic rings. The Kier molecular flexibility index (Phi) is 9.37. The number of carbonyl (C=O) groups excluding carboxylic acids is 1. The maximum absolute atomic E-state index is 12.9. The Hall–Kier alpha value is -3.39. The molecule has 13 heteroatoms. The summed E-state index contributed by atoms with van der Waals surface area (Å²) in [6.45, 7) is 8.43. The molecule has 0 atom stereocenters. The Bertz CT molecular complexity index is 1370. The summed E-state index contributed by atoms with van der Waals surface area (Å²) in [5.74, 6) is 0.392. The minimum atomic E-state index is -4.03. The molecule has 0 radical (unpaired) electrons. The molecular weight excluding hydrogens is 534 g/mol. The van der Waals surface area contributed by atoms with Gasteiger partial charge in [-0.2, -0.15) is 8.42 Å². The number of benzene rings is 2. The smallest absolute Gasteiger partial charge is 0.339 e. The van der Waals surface area contributed by atoms with Crippen LogP contribution in [0.1, 0.15) is 19.3 Å². The van der Waals surface area contributed by atoms with Crippen molar-refractivity contribution in [3.8, 4) is 5.75 Å². The lowest BCUT2D eigenvalue weighted by Crippen LogP contribution is -2.42. The van der Waals surface area contributed by atoms with Gasteiger partial charge in [0.05, 0.1) is 24.2 Å². The molecule has 40 heavy (non-hydrogen) atoms. The highest BCUT2D eigenvalue weighted by Gasteiger charge is 2.18. The van der Waals surface area contributed by atoms with Crippen LogP contribution in [-0.4, -0.2) is 99.8 Å². The first-order chi connectivity index (χ1) is 19.4. The van der Waals surface area contributed by atoms with Crippen LogP contribution < -0.4 is 20.1 Å². The Morgan fingerprint density at radius 2 is 1.68 bits per heavy atom. The van der Waals surface area contributed by atoms with E-state index < -0.39 is 10.1 Å². The van der Waals surface area contributed by atoms with E-state index in [2.05, 4.69) is 35.7 Å². The number of nitrogens with one attached hydrogen (secondary N) is 4. The molecule has 0 saturated carbocycles. The summed E-state index contributed by atoms with van der Waals surface area (Å²) in [5, 5.41) is 8.84. The number of carbonyl (C=O) groups is 1. The van der Waals surface area contributed by atoms with Crippen molar-refractivity contribution in [2.75, 3.05) is 76.2 Å². The van der Waals surface area contributed by atoms with E-state index in [4.69, 9.17) is 8.92 Å². The molecule has 1 aromatic heterocycles. The number of morpholine rings is 1. The molecule has 0 aliphatic carbocycles. The van der Waals surface area contributed by atoms with E-state index in [1.165, 1.54) is 43.5 Å². The van der Waals surface area contributed by atoms with Gasteiger partial charge in [0.1, 0.15) is 10.6 Å². The predicted molar refractivity (Wildman–Crippen MR) is 153 cm³/mol. The number of nitrogens with zero attached hydrogens (tertiary/aromatic N) is 3. The Balaban J connectivity index is 1.11. The van der Waals surface area contributed by atoms with Crippen molar-refractivity contribution in [1.82, 2.24) is 25.1 Å². The Morgan fingerprint density at radius 3 is 2.45 bits per heavy atom. The van der Waals surface area contributed by atoms with Crippen molar-refractivity contribution in [2.45, 2.75) is 24.2 Å². The first-order valence-electron chi connectivity index (χ1n) is 13.8. The van der Waals surface area contributed by atoms with Gasteiger partial charge in [-0.1, -0.05) is 6.42 Å². The van der Waals surface area contributed by atoms with Gasteiger partial charge in [-0.05, 0) is 62.3 Å². The molecule has 2 aromatic carbocycles. The number of rotatable bonds is 11. The number of hydrogen-bond acceptors (Lipinski definition) is 9. The number of H-pyrrole nitrogens is 1. The normalized spacial score (nSPS) is 17.0. The molecule has 5 rings (SSSR count). The fourth-order valence-corrected chi connectivity index (χ4v) is 5.78. The van der Waals surface area contributed by atoms with Crippen molar-refractivity contribution >= 4 is 38.8 Å². The molecule has 2 saturated heterocycles. The largest absolute Gasteiger partial charge is 0.384 e. The van der Waals surface area contributed by atoms with Gasteiger partial charge in [0.25, 0.3) is 0 Å². The van der Waals surface area contributed by atoms with Gasteiger partial charge in [0.2, 0.25) is 5.95 Å². The standard InChI is InChI=1S/C27H37N7O5S/c35-27(29-11-15-34-16-18-38-19-17-34)32-26-30-24-9-6-22(20-25(24)31-26)39-40(36,37)23-7-4-21(5-8-23)28-10-14-33-12-2-1-3-13-33/h4-9,20,28H,1-3,10-19H2,(H3,29,30,31,32,35). The van der Waals surface area contributed by atoms with Crippen LogP contribution in [0, 0.1) is 0 Å². The minimum absolute atomic E-state index is 0.0647. The molecule has 216 valence electrons. The number of amides is 2. The van der Waals surface area contributed by atoms with Crippen LogP contribution in [0.15, 0.2) is 47.4 Å². The van der Waals surface area contributed by atoms with Gasteiger partial charge in [-0.3, -0.25) is 10.2 Å². The van der Waals surface area contributed by atoms with Gasteiger partial charge in [-0.15, -0.1) is 0 Å². The number of imidazole rings is 1. The van der Waals surface area contributed by atoms with Crippen molar-refractivity contribution in [3.63, 3.8) is 0 Å². The van der Waals surface area contributed by atoms with Crippen molar-refractivity contribution < 1.29 is 22.1 Å². The van der Waals surface area contributed by atoms with Crippen LogP contribution in [0.25, 0.3) is 11.0 Å². The number of likely N-dealkylation sites (tertiary alicyclic amines) is 1. The second kappa shape index (κ2) is 13.3. The lowest BCUT2D eigenvalue weighted by atomic mass is 10.1. The monoisotopic (exact) mass is 571 g/mol. The van der Waals surface area contributed by atoms with E-state index in [9.17, 15) is 13.2 Å². The molecule has 0 bridgehead atoms. The number of aromatic nitrogens is 2. The minimum Gasteiger partial charge on any atom is -0.384 e. The van der Waals surface area contributed by atoms with Gasteiger partial charge < -0.3 is 29.4 Å². The summed E-state index contributed by atoms with van der Waals surface area (Å²) >= 11 is 0. The summed E-state index contributed by atoms with van der Waals surface area (Å²) in [4.78, 5) is 24.3. The molecule has 0 spiro atoms. The quantitative estimate of drug-likeness (QED) is 0.256. The van der Waals surface area contributed by atoms with Crippen molar-refractivity contribution in [1.29, 1.82) is 0 Å². The summed E-state index contributed by atoms with van der Waals surface area (Å²) in [6.07, 6.45) is 3.82. The first-order valence-corrected chi connectivity index (χ1v) is 15.2. The SMILES string of the molecule is O=C(NCCN1CCOCC1)Nc1nc2ccc(OS(=O)(=O)c3ccc(NCCN4CCCCC4)cc3)cc2[nH]1. The average molecular weight is 572 g/mol. The summed E-state index contributed by atoms with van der Waals surface area (Å²) < 4.78 is 36.5. The summed E-state index contributed by atoms with van der Waals surface area (Å²) in [7, 11) is -4.03. The number of fused-ring (bicyclic) bond motifs is 1. The number of aromatic amines is 1. The third kappa shape index (κ3) is 7.84. The van der Waals surface area contributed by atoms with E-state index in [1.54, 1.807) is 18.2 Å². The van der Waals surface area contributed by atoms with Crippen LogP contribution >= 0.6 is 0 Å². The first kappa shape index (κ1) is 28.1. The lowest BCUT2D eigenvalue weighted by Gasteiger charge is -2.26. The molecule has 0 unspecified atom stereocenters. The van der Waals surface area contributed by atoms with Crippen LogP contribution in [0.3, 0.4) is 0 Å². The molecule has 2 aliphatic rings. The number of anilines is 2. The van der Waals surface area contributed by atoms with Crippen LogP contribution in [0.5, 0.6) is 5.75 Å². The zero-order chi connectivity index (χ0) is 27.8. The molecule has 3 heterocycles. The number of urea groups is 1. The predicted octanol–water partition coefficient (Wildman–Crippen LogP) is 2.68. The van der Waals surface area contributed by atoms with Crippen molar-refractivity contribution in [2.24, 2.45) is 0 Å². The zero-order valence-electron chi connectivity index (χ0n) is 22.5. The maximum Gasteiger partial charge on any atom is 0.339 e. The van der Waals surface area contributed by atoms with E-state index in [-0.39, 0.29) is 22.6 Å². The fraction of sp³-hybridized carbons (Fsp3) is 0.481. The molecular formula is C27H37N7O5S. The van der Waals surface area contributed by atoms with Crippen LogP contribution in [-0.2, 0) is 14.9 Å². The fourth-order valence-electron chi connectivity index (χ4n) is 4.86. The van der Waals surface area contributed by atoms with Crippen LogP contribution in [0.4, 0.5) is 16.4 Å². The molecule has 12 nitrogen and oxygen atoms in total. The van der Waals surface area contributed by atoms with Crippen LogP contribution in [0.2, 0.25) is 0 Å². The lowest BCUT2D eigenvalue weighted by molar-refractivity contribution is 0.0388. The molecule has 2 aliphatic heterocycles. The number of ether oxygens (including phenoxy) is 1.